The highest BCUT2D eigenvalue weighted by atomic mass is 32.3. The zero-order chi connectivity index (χ0) is 30.9. The predicted molar refractivity (Wildman–Crippen MR) is 156 cm³/mol. The molecule has 0 saturated carbocycles. The number of hydrogen-bond donors (Lipinski definition) is 0. The molecule has 0 aromatic rings. The number of methoxy groups -OCH3 is 2. The Labute approximate surface area is 244 Å². The van der Waals surface area contributed by atoms with Crippen molar-refractivity contribution >= 4 is 10.2 Å². The van der Waals surface area contributed by atoms with Crippen LogP contribution in [0.15, 0.2) is 105 Å². The topological polar surface area (TPSA) is 71.1 Å². The van der Waals surface area contributed by atoms with Gasteiger partial charge in [0, 0.05) is 30.9 Å². The predicted octanol–water partition coefficient (Wildman–Crippen LogP) is 6.12. The molecule has 0 aliphatic heterocycles. The fourth-order valence-corrected chi connectivity index (χ4v) is 4.46. The van der Waals surface area contributed by atoms with Gasteiger partial charge < -0.3 is 18.9 Å². The normalized spacial score (nSPS) is 11.7. The number of halogens is 1. The highest BCUT2D eigenvalue weighted by Crippen LogP contribution is 2.34. The standard InChI is InChI=1S/C33H37FO6S/c1-8-12-15-18-30(23-39-26-37-6)28(5)21-33(32(20-17-14-10-3)25-41(34,35)36)22-29(11-4)31(19-16-13-9-2)24-40-27-38-7/h28-29,33H,1-3,11,21-27H2,4-7H3. The van der Waals surface area contributed by atoms with Crippen molar-refractivity contribution in [2.75, 3.05) is 46.8 Å². The van der Waals surface area contributed by atoms with Crippen LogP contribution in [0, 0.1) is 17.8 Å². The molecule has 0 rings (SSSR count). The Bertz CT molecular complexity index is 1460. The van der Waals surface area contributed by atoms with Gasteiger partial charge in [-0.3, -0.25) is 0 Å². The molecule has 3 atom stereocenters. The lowest BCUT2D eigenvalue weighted by Crippen LogP contribution is -2.21. The van der Waals surface area contributed by atoms with E-state index in [2.05, 4.69) is 88.5 Å². The largest absolute Gasteiger partial charge is 0.359 e. The van der Waals surface area contributed by atoms with Crippen molar-refractivity contribution in [1.82, 2.24) is 0 Å². The third kappa shape index (κ3) is 18.3. The highest BCUT2D eigenvalue weighted by Gasteiger charge is 2.28. The summed E-state index contributed by atoms with van der Waals surface area (Å²) in [7, 11) is -1.88. The summed E-state index contributed by atoms with van der Waals surface area (Å²) in [6, 6.07) is 0. The van der Waals surface area contributed by atoms with Crippen molar-refractivity contribution in [3.63, 3.8) is 0 Å². The van der Waals surface area contributed by atoms with E-state index in [1.165, 1.54) is 14.2 Å². The molecule has 41 heavy (non-hydrogen) atoms. The van der Waals surface area contributed by atoms with E-state index >= 15 is 0 Å². The lowest BCUT2D eigenvalue weighted by Gasteiger charge is -2.27. The summed E-state index contributed by atoms with van der Waals surface area (Å²) in [4.78, 5) is 0. The summed E-state index contributed by atoms with van der Waals surface area (Å²) in [5.41, 5.74) is 33.6. The van der Waals surface area contributed by atoms with Gasteiger partial charge in [-0.2, -0.15) is 8.42 Å². The molecule has 0 spiro atoms. The summed E-state index contributed by atoms with van der Waals surface area (Å²) in [6.45, 7) is 14.7. The molecule has 0 aromatic carbocycles. The van der Waals surface area contributed by atoms with Crippen molar-refractivity contribution in [3.8, 4) is 0 Å². The first-order chi connectivity index (χ1) is 19.7. The van der Waals surface area contributed by atoms with Crippen LogP contribution in [0.5, 0.6) is 0 Å². The molecule has 0 heterocycles. The Morgan fingerprint density at radius 2 is 1.20 bits per heavy atom. The minimum atomic E-state index is -4.90. The minimum Gasteiger partial charge on any atom is -0.359 e. The molecule has 6 nitrogen and oxygen atoms in total. The van der Waals surface area contributed by atoms with Crippen molar-refractivity contribution in [2.24, 2.45) is 17.8 Å². The molecule has 218 valence electrons. The Hall–Kier alpha value is -3.70. The third-order valence-electron chi connectivity index (χ3n) is 5.65. The molecule has 0 amide bonds. The van der Waals surface area contributed by atoms with E-state index in [4.69, 9.17) is 18.9 Å². The molecule has 0 aliphatic rings. The summed E-state index contributed by atoms with van der Waals surface area (Å²) >= 11 is 0. The van der Waals surface area contributed by atoms with Crippen molar-refractivity contribution < 1.29 is 31.3 Å². The van der Waals surface area contributed by atoms with Gasteiger partial charge >= 0.3 is 10.2 Å². The average molecular weight is 581 g/mol. The lowest BCUT2D eigenvalue weighted by molar-refractivity contribution is -0.0235. The van der Waals surface area contributed by atoms with Gasteiger partial charge in [-0.15, -0.1) is 3.89 Å². The van der Waals surface area contributed by atoms with Gasteiger partial charge in [0.25, 0.3) is 0 Å². The Kier molecular flexibility index (Phi) is 21.0. The van der Waals surface area contributed by atoms with Crippen LogP contribution in [0.1, 0.15) is 33.1 Å². The van der Waals surface area contributed by atoms with Crippen LogP contribution in [-0.4, -0.2) is 55.2 Å². The Balaban J connectivity index is 7.09. The molecule has 8 heteroatoms. The quantitative estimate of drug-likeness (QED) is 0.0843. The van der Waals surface area contributed by atoms with Gasteiger partial charge in [-0.05, 0) is 91.1 Å². The van der Waals surface area contributed by atoms with E-state index in [1.54, 1.807) is 0 Å². The average Bonchev–Trinajstić information content (AvgIpc) is 2.93. The van der Waals surface area contributed by atoms with Crippen molar-refractivity contribution in [1.29, 1.82) is 0 Å². The van der Waals surface area contributed by atoms with Crippen LogP contribution >= 0.6 is 0 Å². The van der Waals surface area contributed by atoms with Gasteiger partial charge in [0.2, 0.25) is 0 Å². The van der Waals surface area contributed by atoms with Crippen molar-refractivity contribution in [3.05, 3.63) is 105 Å². The minimum absolute atomic E-state index is 0.0571. The first-order valence-corrected chi connectivity index (χ1v) is 14.2. The zero-order valence-electron chi connectivity index (χ0n) is 24.2. The number of hydrogen-bond acceptors (Lipinski definition) is 6. The van der Waals surface area contributed by atoms with E-state index in [1.807, 2.05) is 13.8 Å². The third-order valence-corrected chi connectivity index (χ3v) is 6.30. The van der Waals surface area contributed by atoms with Crippen LogP contribution in [0.2, 0.25) is 0 Å². The van der Waals surface area contributed by atoms with Crippen LogP contribution < -0.4 is 0 Å². The van der Waals surface area contributed by atoms with Gasteiger partial charge in [-0.1, -0.05) is 48.2 Å². The smallest absolute Gasteiger partial charge is 0.306 e. The Morgan fingerprint density at radius 1 is 0.732 bits per heavy atom. The summed E-state index contributed by atoms with van der Waals surface area (Å²) in [5.74, 6) is -1.74. The van der Waals surface area contributed by atoms with Crippen LogP contribution in [-0.2, 0) is 29.2 Å². The van der Waals surface area contributed by atoms with E-state index in [-0.39, 0.29) is 44.2 Å². The fourth-order valence-electron chi connectivity index (χ4n) is 3.78. The SMILES string of the molecule is C=C=C=C=C=C(COCOC)C(C)CC(CC(CC)C(=C=C=C=C=C)COCOC)C(=C=C=C=C=C)CS(=O)(=O)F. The molecule has 0 fully saturated rings. The molecule has 0 radical (unpaired) electrons. The van der Waals surface area contributed by atoms with Gasteiger partial charge in [0.1, 0.15) is 19.3 Å². The van der Waals surface area contributed by atoms with E-state index in [9.17, 15) is 12.3 Å². The van der Waals surface area contributed by atoms with Crippen LogP contribution in [0.4, 0.5) is 3.89 Å². The molecular formula is C33H37FO6S. The zero-order valence-corrected chi connectivity index (χ0v) is 25.1. The molecule has 0 saturated heterocycles. The monoisotopic (exact) mass is 580 g/mol. The van der Waals surface area contributed by atoms with Crippen LogP contribution in [0.25, 0.3) is 0 Å². The van der Waals surface area contributed by atoms with Gasteiger partial charge in [0.15, 0.2) is 0 Å². The molecule has 0 N–H and O–H groups in total. The summed E-state index contributed by atoms with van der Waals surface area (Å²) in [5, 5.41) is 0. The first kappa shape index (κ1) is 37.3. The second-order valence-corrected chi connectivity index (χ2v) is 9.97. The summed E-state index contributed by atoms with van der Waals surface area (Å²) in [6.07, 6.45) is 1.41. The van der Waals surface area contributed by atoms with E-state index in [0.29, 0.717) is 24.8 Å². The Morgan fingerprint density at radius 3 is 1.63 bits per heavy atom. The maximum Gasteiger partial charge on any atom is 0.306 e. The number of rotatable bonds is 18. The van der Waals surface area contributed by atoms with E-state index < -0.39 is 21.9 Å². The summed E-state index contributed by atoms with van der Waals surface area (Å²) < 4.78 is 58.8. The first-order valence-electron chi connectivity index (χ1n) is 12.6. The second-order valence-electron chi connectivity index (χ2n) is 8.60. The lowest BCUT2D eigenvalue weighted by atomic mass is 9.78. The maximum atomic E-state index is 14.1. The molecule has 3 unspecified atom stereocenters. The molecule has 0 aromatic heterocycles. The second kappa shape index (κ2) is 23.0. The maximum absolute atomic E-state index is 14.1. The van der Waals surface area contributed by atoms with Gasteiger partial charge in [0.05, 0.1) is 13.2 Å². The van der Waals surface area contributed by atoms with Crippen LogP contribution in [0.3, 0.4) is 0 Å². The van der Waals surface area contributed by atoms with Crippen molar-refractivity contribution in [2.45, 2.75) is 33.1 Å². The number of ether oxygens (including phenoxy) is 4. The highest BCUT2D eigenvalue weighted by molar-refractivity contribution is 7.86. The molecular weight excluding hydrogens is 543 g/mol. The fraction of sp³-hybridized carbons (Fsp3) is 0.455. The molecule has 0 bridgehead atoms. The van der Waals surface area contributed by atoms with Gasteiger partial charge in [-0.25, -0.2) is 0 Å². The van der Waals surface area contributed by atoms with E-state index in [0.717, 1.165) is 5.57 Å². The molecule has 0 aliphatic carbocycles.